The van der Waals surface area contributed by atoms with E-state index in [0.29, 0.717) is 25.7 Å². The second kappa shape index (κ2) is 10.8. The van der Waals surface area contributed by atoms with Gasteiger partial charge in [0, 0.05) is 19.1 Å². The molecule has 7 heteroatoms. The molecule has 194 valence electrons. The van der Waals surface area contributed by atoms with E-state index in [-0.39, 0.29) is 18.0 Å². The number of nitrogens with zero attached hydrogens (tertiary/aromatic N) is 3. The average molecular weight is 484 g/mol. The summed E-state index contributed by atoms with van der Waals surface area (Å²) in [4.78, 5) is 22.7. The van der Waals surface area contributed by atoms with Gasteiger partial charge in [-0.2, -0.15) is 0 Å². The lowest BCUT2D eigenvalue weighted by Gasteiger charge is -2.49. The number of piperidine rings is 1. The van der Waals surface area contributed by atoms with Crippen molar-refractivity contribution in [3.8, 4) is 5.75 Å². The molecule has 4 N–H and O–H groups in total. The number of hydrogen-bond acceptors (Lipinski definition) is 4. The standard InChI is InChI=1S/C28H45N5O2/c1-19(2)21-5-7-23(8-6-21)32-14-11-28(12-15-32)25-10-9-24(35-20(3)4)17-22(25)18-33(26(28)34)16-13-31-27(29)30/h9-10,17,19-21,23H,5-8,11-16,18H2,1-4H3,(H4,29,30,31). The minimum absolute atomic E-state index is 0.0673. The molecule has 2 heterocycles. The van der Waals surface area contributed by atoms with Crippen LogP contribution in [0.15, 0.2) is 23.2 Å². The fourth-order valence-corrected chi connectivity index (χ4v) is 6.58. The molecule has 2 fully saturated rings. The lowest BCUT2D eigenvalue weighted by molar-refractivity contribution is -0.142. The third-order valence-corrected chi connectivity index (χ3v) is 8.54. The van der Waals surface area contributed by atoms with Gasteiger partial charge in [-0.25, -0.2) is 0 Å². The predicted octanol–water partition coefficient (Wildman–Crippen LogP) is 3.64. The van der Waals surface area contributed by atoms with E-state index in [1.807, 2.05) is 24.8 Å². The van der Waals surface area contributed by atoms with E-state index in [0.717, 1.165) is 43.5 Å². The molecule has 1 aromatic carbocycles. The van der Waals surface area contributed by atoms with Crippen molar-refractivity contribution in [2.24, 2.45) is 28.3 Å². The summed E-state index contributed by atoms with van der Waals surface area (Å²) < 4.78 is 5.99. The molecule has 1 spiro atoms. The van der Waals surface area contributed by atoms with Gasteiger partial charge in [-0.3, -0.25) is 9.79 Å². The highest BCUT2D eigenvalue weighted by Gasteiger charge is 2.49. The molecule has 35 heavy (non-hydrogen) atoms. The SMILES string of the molecule is CC(C)Oc1ccc2c(c1)CN(CCN=C(N)N)C(=O)C21CCN(C2CCC(C(C)C)CC2)CC1. The second-order valence-electron chi connectivity index (χ2n) is 11.4. The number of aliphatic imine (C=N–C) groups is 1. The smallest absolute Gasteiger partial charge is 0.233 e. The molecule has 1 saturated heterocycles. The molecule has 3 aliphatic rings. The van der Waals surface area contributed by atoms with Crippen LogP contribution >= 0.6 is 0 Å². The molecule has 1 saturated carbocycles. The molecular formula is C28H45N5O2. The van der Waals surface area contributed by atoms with E-state index < -0.39 is 5.41 Å². The van der Waals surface area contributed by atoms with E-state index >= 15 is 0 Å². The summed E-state index contributed by atoms with van der Waals surface area (Å²) in [5.74, 6) is 2.82. The number of benzene rings is 1. The zero-order valence-electron chi connectivity index (χ0n) is 22.1. The maximum Gasteiger partial charge on any atom is 0.233 e. The highest BCUT2D eigenvalue weighted by Crippen LogP contribution is 2.45. The Bertz CT molecular complexity index is 908. The molecule has 0 radical (unpaired) electrons. The molecular weight excluding hydrogens is 438 g/mol. The lowest BCUT2D eigenvalue weighted by Crippen LogP contribution is -2.57. The Hall–Kier alpha value is -2.28. The van der Waals surface area contributed by atoms with Crippen molar-refractivity contribution >= 4 is 11.9 Å². The van der Waals surface area contributed by atoms with Crippen LogP contribution in [0.2, 0.25) is 0 Å². The van der Waals surface area contributed by atoms with E-state index in [1.165, 1.54) is 36.8 Å². The molecule has 1 aliphatic carbocycles. The Morgan fingerprint density at radius 3 is 2.40 bits per heavy atom. The van der Waals surface area contributed by atoms with E-state index in [1.54, 1.807) is 0 Å². The van der Waals surface area contributed by atoms with Gasteiger partial charge in [-0.1, -0.05) is 19.9 Å². The summed E-state index contributed by atoms with van der Waals surface area (Å²) in [6.45, 7) is 12.3. The minimum atomic E-state index is -0.465. The van der Waals surface area contributed by atoms with Gasteiger partial charge in [0.1, 0.15) is 5.75 Å². The topological polar surface area (TPSA) is 97.2 Å². The summed E-state index contributed by atoms with van der Waals surface area (Å²) in [6.07, 6.45) is 7.10. The van der Waals surface area contributed by atoms with E-state index in [9.17, 15) is 4.79 Å². The van der Waals surface area contributed by atoms with Crippen LogP contribution in [0.4, 0.5) is 0 Å². The number of rotatable bonds is 7. The summed E-state index contributed by atoms with van der Waals surface area (Å²) in [5.41, 5.74) is 13.0. The molecule has 7 nitrogen and oxygen atoms in total. The highest BCUT2D eigenvalue weighted by molar-refractivity contribution is 5.90. The largest absolute Gasteiger partial charge is 0.491 e. The molecule has 0 bridgehead atoms. The summed E-state index contributed by atoms with van der Waals surface area (Å²) in [6, 6.07) is 7.00. The number of carbonyl (C=O) groups excluding carboxylic acids is 1. The van der Waals surface area contributed by atoms with Crippen LogP contribution in [0, 0.1) is 11.8 Å². The van der Waals surface area contributed by atoms with Crippen molar-refractivity contribution in [1.29, 1.82) is 0 Å². The Balaban J connectivity index is 1.53. The number of carbonyl (C=O) groups is 1. The van der Waals surface area contributed by atoms with Gasteiger partial charge < -0.3 is 26.0 Å². The number of nitrogens with two attached hydrogens (primary N) is 2. The fraction of sp³-hybridized carbons (Fsp3) is 0.714. The fourth-order valence-electron chi connectivity index (χ4n) is 6.58. The van der Waals surface area contributed by atoms with Crippen LogP contribution in [0.5, 0.6) is 5.75 Å². The number of amides is 1. The second-order valence-corrected chi connectivity index (χ2v) is 11.4. The molecule has 0 atom stereocenters. The monoisotopic (exact) mass is 483 g/mol. The van der Waals surface area contributed by atoms with Crippen LogP contribution in [0.25, 0.3) is 0 Å². The van der Waals surface area contributed by atoms with Crippen LogP contribution in [-0.4, -0.2) is 60.0 Å². The third kappa shape index (κ3) is 5.60. The summed E-state index contributed by atoms with van der Waals surface area (Å²) in [7, 11) is 0. The lowest BCUT2D eigenvalue weighted by atomic mass is 9.67. The predicted molar refractivity (Wildman–Crippen MR) is 141 cm³/mol. The molecule has 1 amide bonds. The quantitative estimate of drug-likeness (QED) is 0.456. The first-order valence-corrected chi connectivity index (χ1v) is 13.6. The van der Waals surface area contributed by atoms with Gasteiger partial charge in [0.15, 0.2) is 5.96 Å². The summed E-state index contributed by atoms with van der Waals surface area (Å²) in [5, 5.41) is 0. The normalized spacial score (nSPS) is 24.6. The molecule has 4 rings (SSSR count). The van der Waals surface area contributed by atoms with Gasteiger partial charge in [-0.15, -0.1) is 0 Å². The van der Waals surface area contributed by atoms with Gasteiger partial charge in [0.25, 0.3) is 0 Å². The van der Waals surface area contributed by atoms with Crippen molar-refractivity contribution < 1.29 is 9.53 Å². The van der Waals surface area contributed by atoms with Gasteiger partial charge in [0.2, 0.25) is 5.91 Å². The van der Waals surface area contributed by atoms with Gasteiger partial charge in [-0.05, 0) is 101 Å². The Kier molecular flexibility index (Phi) is 7.94. The zero-order chi connectivity index (χ0) is 25.2. The number of fused-ring (bicyclic) bond motifs is 2. The minimum Gasteiger partial charge on any atom is -0.491 e. The first kappa shape index (κ1) is 25.8. The number of guanidine groups is 1. The van der Waals surface area contributed by atoms with Crippen molar-refractivity contribution in [2.75, 3.05) is 26.2 Å². The molecule has 0 unspecified atom stereocenters. The van der Waals surface area contributed by atoms with Crippen molar-refractivity contribution in [3.63, 3.8) is 0 Å². The van der Waals surface area contributed by atoms with Crippen LogP contribution in [0.3, 0.4) is 0 Å². The zero-order valence-corrected chi connectivity index (χ0v) is 22.1. The molecule has 2 aliphatic heterocycles. The Morgan fingerprint density at radius 2 is 1.80 bits per heavy atom. The maximum atomic E-state index is 14.0. The van der Waals surface area contributed by atoms with Gasteiger partial charge in [0.05, 0.1) is 18.1 Å². The van der Waals surface area contributed by atoms with Gasteiger partial charge >= 0.3 is 0 Å². The number of ether oxygens (including phenoxy) is 1. The van der Waals surface area contributed by atoms with Crippen molar-refractivity contribution in [1.82, 2.24) is 9.80 Å². The molecule has 1 aromatic rings. The highest BCUT2D eigenvalue weighted by atomic mass is 16.5. The maximum absolute atomic E-state index is 14.0. The van der Waals surface area contributed by atoms with Crippen molar-refractivity contribution in [3.05, 3.63) is 29.3 Å². The summed E-state index contributed by atoms with van der Waals surface area (Å²) >= 11 is 0. The van der Waals surface area contributed by atoms with Crippen molar-refractivity contribution in [2.45, 2.75) is 90.3 Å². The van der Waals surface area contributed by atoms with Crippen LogP contribution < -0.4 is 16.2 Å². The van der Waals surface area contributed by atoms with E-state index in [4.69, 9.17) is 16.2 Å². The first-order valence-electron chi connectivity index (χ1n) is 13.6. The van der Waals surface area contributed by atoms with E-state index in [2.05, 4.69) is 35.9 Å². The van der Waals surface area contributed by atoms with Crippen LogP contribution in [0.1, 0.15) is 77.3 Å². The molecule has 0 aromatic heterocycles. The Labute approximate surface area is 211 Å². The Morgan fingerprint density at radius 1 is 1.11 bits per heavy atom. The average Bonchev–Trinajstić information content (AvgIpc) is 2.82. The third-order valence-electron chi connectivity index (χ3n) is 8.54. The number of likely N-dealkylation sites (tertiary alicyclic amines) is 1. The van der Waals surface area contributed by atoms with Crippen LogP contribution in [-0.2, 0) is 16.8 Å². The first-order chi connectivity index (χ1) is 16.7. The number of hydrogen-bond donors (Lipinski definition) is 2.